The van der Waals surface area contributed by atoms with Gasteiger partial charge in [-0.1, -0.05) is 45.0 Å². The van der Waals surface area contributed by atoms with Gasteiger partial charge in [0.25, 0.3) is 0 Å². The van der Waals surface area contributed by atoms with Crippen LogP contribution in [0.3, 0.4) is 0 Å². The van der Waals surface area contributed by atoms with Gasteiger partial charge >= 0.3 is 0 Å². The molecule has 2 N–H and O–H groups in total. The van der Waals surface area contributed by atoms with Crippen molar-refractivity contribution in [3.8, 4) is 0 Å². The third kappa shape index (κ3) is 8.15. The zero-order valence-electron chi connectivity index (χ0n) is 18.6. The van der Waals surface area contributed by atoms with Crippen LogP contribution < -0.4 is 10.6 Å². The van der Waals surface area contributed by atoms with Gasteiger partial charge in [-0.2, -0.15) is 0 Å². The minimum absolute atomic E-state index is 0.0124. The van der Waals surface area contributed by atoms with E-state index in [1.54, 1.807) is 0 Å². The summed E-state index contributed by atoms with van der Waals surface area (Å²) in [4.78, 5) is 26.4. The normalized spacial score (nSPS) is 20.3. The summed E-state index contributed by atoms with van der Waals surface area (Å²) in [5, 5.41) is 5.90. The second-order valence-electron chi connectivity index (χ2n) is 9.11. The number of amides is 2. The number of benzene rings is 1. The van der Waals surface area contributed by atoms with Crippen molar-refractivity contribution in [1.82, 2.24) is 15.5 Å². The van der Waals surface area contributed by atoms with Crippen molar-refractivity contribution in [2.45, 2.75) is 72.8 Å². The summed E-state index contributed by atoms with van der Waals surface area (Å²) >= 11 is 0. The molecular weight excluding hydrogens is 366 g/mol. The predicted octanol–water partition coefficient (Wildman–Crippen LogP) is 2.85. The Morgan fingerprint density at radius 2 is 1.69 bits per heavy atom. The largest absolute Gasteiger partial charge is 0.373 e. The first-order valence-electron chi connectivity index (χ1n) is 10.6. The van der Waals surface area contributed by atoms with Gasteiger partial charge in [0.2, 0.25) is 11.8 Å². The quantitative estimate of drug-likeness (QED) is 0.655. The lowest BCUT2D eigenvalue weighted by Gasteiger charge is -2.35. The predicted molar refractivity (Wildman–Crippen MR) is 115 cm³/mol. The molecular formula is C23H37N3O3. The average Bonchev–Trinajstić information content (AvgIpc) is 2.62. The summed E-state index contributed by atoms with van der Waals surface area (Å²) in [7, 11) is 0. The molecule has 1 aliphatic rings. The van der Waals surface area contributed by atoms with Gasteiger partial charge in [-0.25, -0.2) is 0 Å². The Hall–Kier alpha value is -1.92. The van der Waals surface area contributed by atoms with E-state index in [0.717, 1.165) is 25.2 Å². The first-order chi connectivity index (χ1) is 13.6. The van der Waals surface area contributed by atoms with Gasteiger partial charge in [-0.15, -0.1) is 0 Å². The fraction of sp³-hybridized carbons (Fsp3) is 0.652. The molecule has 1 saturated heterocycles. The SMILES string of the molecule is CC1CN(Cc2ccccc2CNC(=O)CCCNC(=O)C(C)(C)C)CC(C)O1. The van der Waals surface area contributed by atoms with E-state index >= 15 is 0 Å². The zero-order chi connectivity index (χ0) is 21.4. The summed E-state index contributed by atoms with van der Waals surface area (Å²) < 4.78 is 5.82. The summed E-state index contributed by atoms with van der Waals surface area (Å²) in [5.41, 5.74) is 1.99. The maximum atomic E-state index is 12.2. The highest BCUT2D eigenvalue weighted by atomic mass is 16.5. The molecule has 1 heterocycles. The summed E-state index contributed by atoms with van der Waals surface area (Å²) in [6.07, 6.45) is 1.53. The second kappa shape index (κ2) is 10.7. The van der Waals surface area contributed by atoms with Gasteiger partial charge in [0.05, 0.1) is 12.2 Å². The number of morpholine rings is 1. The number of hydrogen-bond acceptors (Lipinski definition) is 4. The second-order valence-corrected chi connectivity index (χ2v) is 9.11. The van der Waals surface area contributed by atoms with Crippen LogP contribution in [0.4, 0.5) is 0 Å². The molecule has 0 aromatic heterocycles. The summed E-state index contributed by atoms with van der Waals surface area (Å²) in [6, 6.07) is 8.27. The van der Waals surface area contributed by atoms with Crippen LogP contribution in [0.1, 0.15) is 58.6 Å². The molecule has 6 nitrogen and oxygen atoms in total. The Labute approximate surface area is 175 Å². The van der Waals surface area contributed by atoms with Crippen LogP contribution in [-0.4, -0.2) is 48.6 Å². The van der Waals surface area contributed by atoms with Crippen molar-refractivity contribution in [3.63, 3.8) is 0 Å². The average molecular weight is 404 g/mol. The summed E-state index contributed by atoms with van der Waals surface area (Å²) in [6.45, 7) is 13.6. The van der Waals surface area contributed by atoms with Crippen LogP contribution in [0, 0.1) is 5.41 Å². The number of ether oxygens (including phenoxy) is 1. The number of hydrogen-bond donors (Lipinski definition) is 2. The Morgan fingerprint density at radius 1 is 1.07 bits per heavy atom. The molecule has 2 amide bonds. The molecule has 1 aromatic carbocycles. The molecule has 2 unspecified atom stereocenters. The van der Waals surface area contributed by atoms with E-state index < -0.39 is 5.41 Å². The molecule has 0 aliphatic carbocycles. The molecule has 0 saturated carbocycles. The van der Waals surface area contributed by atoms with Gasteiger partial charge in [0.1, 0.15) is 0 Å². The molecule has 0 spiro atoms. The fourth-order valence-electron chi connectivity index (χ4n) is 3.54. The van der Waals surface area contributed by atoms with E-state index in [1.807, 2.05) is 32.9 Å². The van der Waals surface area contributed by atoms with Crippen molar-refractivity contribution < 1.29 is 14.3 Å². The van der Waals surface area contributed by atoms with Gasteiger partial charge in [-0.05, 0) is 31.4 Å². The van der Waals surface area contributed by atoms with Crippen LogP contribution in [0.5, 0.6) is 0 Å². The number of nitrogens with one attached hydrogen (secondary N) is 2. The van der Waals surface area contributed by atoms with Gasteiger partial charge in [0.15, 0.2) is 0 Å². The van der Waals surface area contributed by atoms with Gasteiger partial charge in [0, 0.05) is 44.6 Å². The van der Waals surface area contributed by atoms with Crippen LogP contribution in [-0.2, 0) is 27.4 Å². The highest BCUT2D eigenvalue weighted by Gasteiger charge is 2.23. The number of carbonyl (C=O) groups is 2. The van der Waals surface area contributed by atoms with Crippen LogP contribution in [0.2, 0.25) is 0 Å². The molecule has 1 aromatic rings. The van der Waals surface area contributed by atoms with Crippen molar-refractivity contribution in [2.75, 3.05) is 19.6 Å². The Balaban J connectivity index is 1.77. The van der Waals surface area contributed by atoms with E-state index in [9.17, 15) is 9.59 Å². The van der Waals surface area contributed by atoms with Crippen LogP contribution in [0.25, 0.3) is 0 Å². The molecule has 0 bridgehead atoms. The maximum absolute atomic E-state index is 12.2. The zero-order valence-corrected chi connectivity index (χ0v) is 18.6. The van der Waals surface area contributed by atoms with Gasteiger partial charge in [-0.3, -0.25) is 14.5 Å². The highest BCUT2D eigenvalue weighted by molar-refractivity contribution is 5.81. The fourth-order valence-corrected chi connectivity index (χ4v) is 3.54. The van der Waals surface area contributed by atoms with Crippen molar-refractivity contribution in [3.05, 3.63) is 35.4 Å². The van der Waals surface area contributed by atoms with Crippen molar-refractivity contribution >= 4 is 11.8 Å². The molecule has 1 fully saturated rings. The molecule has 162 valence electrons. The molecule has 29 heavy (non-hydrogen) atoms. The molecule has 0 radical (unpaired) electrons. The van der Waals surface area contributed by atoms with Crippen molar-refractivity contribution in [2.24, 2.45) is 5.41 Å². The minimum atomic E-state index is -0.401. The third-order valence-electron chi connectivity index (χ3n) is 5.03. The first kappa shape index (κ1) is 23.4. The molecule has 2 atom stereocenters. The van der Waals surface area contributed by atoms with Crippen molar-refractivity contribution in [1.29, 1.82) is 0 Å². The number of rotatable bonds is 8. The first-order valence-corrected chi connectivity index (χ1v) is 10.6. The van der Waals surface area contributed by atoms with E-state index in [-0.39, 0.29) is 24.0 Å². The lowest BCUT2D eigenvalue weighted by atomic mass is 9.96. The number of carbonyl (C=O) groups excluding carboxylic acids is 2. The van der Waals surface area contributed by atoms with E-state index in [2.05, 4.69) is 41.5 Å². The van der Waals surface area contributed by atoms with Crippen LogP contribution >= 0.6 is 0 Å². The monoisotopic (exact) mass is 403 g/mol. The maximum Gasteiger partial charge on any atom is 0.225 e. The van der Waals surface area contributed by atoms with E-state index in [1.165, 1.54) is 5.56 Å². The lowest BCUT2D eigenvalue weighted by molar-refractivity contribution is -0.128. The molecule has 1 aliphatic heterocycles. The highest BCUT2D eigenvalue weighted by Crippen LogP contribution is 2.17. The Bertz CT molecular complexity index is 674. The molecule has 2 rings (SSSR count). The van der Waals surface area contributed by atoms with Crippen LogP contribution in [0.15, 0.2) is 24.3 Å². The smallest absolute Gasteiger partial charge is 0.225 e. The molecule has 6 heteroatoms. The number of nitrogens with zero attached hydrogens (tertiary/aromatic N) is 1. The summed E-state index contributed by atoms with van der Waals surface area (Å²) in [5.74, 6) is 0.0250. The Morgan fingerprint density at radius 3 is 2.31 bits per heavy atom. The lowest BCUT2D eigenvalue weighted by Crippen LogP contribution is -2.45. The minimum Gasteiger partial charge on any atom is -0.373 e. The topological polar surface area (TPSA) is 70.7 Å². The standard InChI is InChI=1S/C23H37N3O3/c1-17-14-26(15-18(2)29-17)16-20-10-7-6-9-19(20)13-25-21(27)11-8-12-24-22(28)23(3,4)5/h6-7,9-10,17-18H,8,11-16H2,1-5H3,(H,24,28)(H,25,27). The van der Waals surface area contributed by atoms with E-state index in [4.69, 9.17) is 4.74 Å². The van der Waals surface area contributed by atoms with Gasteiger partial charge < -0.3 is 15.4 Å². The third-order valence-corrected chi connectivity index (χ3v) is 5.03. The van der Waals surface area contributed by atoms with E-state index in [0.29, 0.717) is 25.9 Å². The Kier molecular flexibility index (Phi) is 8.65.